The molecule has 119 valence electrons. The van der Waals surface area contributed by atoms with Gasteiger partial charge < -0.3 is 9.42 Å². The van der Waals surface area contributed by atoms with Crippen molar-refractivity contribution < 1.29 is 9.32 Å². The fourth-order valence-electron chi connectivity index (χ4n) is 2.99. The standard InChI is InChI=1S/C19H16N3O2/c23-19(16-12-21-24-18(16)17-8-4-5-10-20-17)22-11-9-15(13-22)14-6-2-1-3-7-14/h1-10,12,15H,11,13H2/t15-/m0/s1. The van der Waals surface area contributed by atoms with Gasteiger partial charge in [-0.2, -0.15) is 0 Å². The molecular weight excluding hydrogens is 302 g/mol. The van der Waals surface area contributed by atoms with Crippen LogP contribution in [0.2, 0.25) is 0 Å². The predicted molar refractivity (Wildman–Crippen MR) is 89.1 cm³/mol. The maximum atomic E-state index is 12.9. The monoisotopic (exact) mass is 318 g/mol. The quantitative estimate of drug-likeness (QED) is 0.744. The van der Waals surface area contributed by atoms with E-state index in [1.807, 2.05) is 35.2 Å². The van der Waals surface area contributed by atoms with Gasteiger partial charge in [0.05, 0.1) is 6.20 Å². The number of amides is 1. The molecule has 1 atom stereocenters. The van der Waals surface area contributed by atoms with Crippen LogP contribution < -0.4 is 0 Å². The minimum absolute atomic E-state index is 0.0772. The van der Waals surface area contributed by atoms with Gasteiger partial charge in [-0.15, -0.1) is 0 Å². The first-order valence-electron chi connectivity index (χ1n) is 7.86. The molecule has 1 amide bonds. The SMILES string of the molecule is O=C(c1cnoc1-c1ccccn1)N1C[CH][C@H](c2ccccc2)C1. The van der Waals surface area contributed by atoms with Crippen LogP contribution in [0.3, 0.4) is 0 Å². The molecule has 3 aromatic rings. The van der Waals surface area contributed by atoms with Crippen LogP contribution in [0.1, 0.15) is 21.8 Å². The van der Waals surface area contributed by atoms with Gasteiger partial charge in [0, 0.05) is 25.2 Å². The van der Waals surface area contributed by atoms with E-state index in [0.29, 0.717) is 30.1 Å². The highest BCUT2D eigenvalue weighted by molar-refractivity contribution is 5.99. The van der Waals surface area contributed by atoms with Gasteiger partial charge in [0.2, 0.25) is 0 Å². The average Bonchev–Trinajstić information content (AvgIpc) is 3.32. The van der Waals surface area contributed by atoms with Gasteiger partial charge in [-0.05, 0) is 24.1 Å². The molecule has 3 heterocycles. The first-order valence-corrected chi connectivity index (χ1v) is 7.86. The van der Waals surface area contributed by atoms with Crippen molar-refractivity contribution in [2.75, 3.05) is 13.1 Å². The Balaban J connectivity index is 1.55. The fourth-order valence-corrected chi connectivity index (χ4v) is 2.99. The van der Waals surface area contributed by atoms with E-state index in [2.05, 4.69) is 28.7 Å². The summed E-state index contributed by atoms with van der Waals surface area (Å²) in [5.41, 5.74) is 2.29. The maximum Gasteiger partial charge on any atom is 0.259 e. The number of benzene rings is 1. The third kappa shape index (κ3) is 2.69. The number of hydrogen-bond donors (Lipinski definition) is 0. The molecule has 4 rings (SSSR count). The summed E-state index contributed by atoms with van der Waals surface area (Å²) in [5.74, 6) is 0.601. The molecule has 1 aliphatic rings. The number of likely N-dealkylation sites (tertiary alicyclic amines) is 1. The Kier molecular flexibility index (Phi) is 3.83. The van der Waals surface area contributed by atoms with Crippen molar-refractivity contribution in [2.24, 2.45) is 0 Å². The van der Waals surface area contributed by atoms with Gasteiger partial charge in [-0.1, -0.05) is 41.6 Å². The first kappa shape index (κ1) is 14.6. The van der Waals surface area contributed by atoms with Crippen LogP contribution in [-0.2, 0) is 0 Å². The second-order valence-electron chi connectivity index (χ2n) is 5.75. The zero-order valence-electron chi connectivity index (χ0n) is 13.0. The van der Waals surface area contributed by atoms with Gasteiger partial charge >= 0.3 is 0 Å². The molecule has 1 aliphatic heterocycles. The van der Waals surface area contributed by atoms with Gasteiger partial charge in [-0.25, -0.2) is 0 Å². The molecule has 1 fully saturated rings. The van der Waals surface area contributed by atoms with Gasteiger partial charge in [0.1, 0.15) is 11.3 Å². The molecule has 0 saturated carbocycles. The van der Waals surface area contributed by atoms with Crippen molar-refractivity contribution >= 4 is 5.91 Å². The molecule has 5 heteroatoms. The summed E-state index contributed by atoms with van der Waals surface area (Å²) in [6, 6.07) is 15.7. The maximum absolute atomic E-state index is 12.9. The van der Waals surface area contributed by atoms with Crippen LogP contribution in [0.15, 0.2) is 65.4 Å². The van der Waals surface area contributed by atoms with Crippen molar-refractivity contribution in [2.45, 2.75) is 5.92 Å². The van der Waals surface area contributed by atoms with E-state index in [9.17, 15) is 4.79 Å². The molecule has 24 heavy (non-hydrogen) atoms. The number of carbonyl (C=O) groups is 1. The fraction of sp³-hybridized carbons (Fsp3) is 0.158. The lowest BCUT2D eigenvalue weighted by molar-refractivity contribution is 0.0793. The summed E-state index contributed by atoms with van der Waals surface area (Å²) >= 11 is 0. The molecule has 0 unspecified atom stereocenters. The third-order valence-corrected chi connectivity index (χ3v) is 4.24. The van der Waals surface area contributed by atoms with Crippen molar-refractivity contribution in [1.29, 1.82) is 0 Å². The van der Waals surface area contributed by atoms with E-state index in [4.69, 9.17) is 4.52 Å². The molecule has 1 saturated heterocycles. The molecule has 0 bridgehead atoms. The van der Waals surface area contributed by atoms with Crippen molar-refractivity contribution in [3.05, 3.63) is 78.5 Å². The topological polar surface area (TPSA) is 59.2 Å². The lowest BCUT2D eigenvalue weighted by Crippen LogP contribution is -2.28. The Labute approximate surface area is 139 Å². The second-order valence-corrected chi connectivity index (χ2v) is 5.75. The van der Waals surface area contributed by atoms with E-state index in [1.54, 1.807) is 12.3 Å². The molecule has 1 aromatic carbocycles. The Morgan fingerprint density at radius 1 is 1.12 bits per heavy atom. The van der Waals surface area contributed by atoms with Crippen molar-refractivity contribution in [1.82, 2.24) is 15.0 Å². The summed E-state index contributed by atoms with van der Waals surface area (Å²) in [4.78, 5) is 18.9. The Morgan fingerprint density at radius 3 is 2.75 bits per heavy atom. The van der Waals surface area contributed by atoms with Crippen LogP contribution in [0.5, 0.6) is 0 Å². The van der Waals surface area contributed by atoms with Crippen LogP contribution in [0, 0.1) is 6.42 Å². The minimum Gasteiger partial charge on any atom is -0.354 e. The third-order valence-electron chi connectivity index (χ3n) is 4.24. The van der Waals surface area contributed by atoms with Gasteiger partial charge in [0.15, 0.2) is 5.76 Å². The lowest BCUT2D eigenvalue weighted by Gasteiger charge is -2.16. The normalized spacial score (nSPS) is 17.2. The largest absolute Gasteiger partial charge is 0.354 e. The Morgan fingerprint density at radius 2 is 1.96 bits per heavy atom. The summed E-state index contributed by atoms with van der Waals surface area (Å²) < 4.78 is 5.27. The van der Waals surface area contributed by atoms with E-state index < -0.39 is 0 Å². The molecule has 0 spiro atoms. The summed E-state index contributed by atoms with van der Waals surface area (Å²) in [6.07, 6.45) is 5.31. The van der Waals surface area contributed by atoms with Crippen molar-refractivity contribution in [3.8, 4) is 11.5 Å². The molecule has 2 aromatic heterocycles. The highest BCUT2D eigenvalue weighted by atomic mass is 16.5. The van der Waals surface area contributed by atoms with Crippen molar-refractivity contribution in [3.63, 3.8) is 0 Å². The van der Waals surface area contributed by atoms with E-state index in [-0.39, 0.29) is 11.8 Å². The van der Waals surface area contributed by atoms with Crippen LogP contribution >= 0.6 is 0 Å². The summed E-state index contributed by atoms with van der Waals surface area (Å²) in [6.45, 7) is 1.28. The first-order chi connectivity index (χ1) is 11.8. The highest BCUT2D eigenvalue weighted by Crippen LogP contribution is 2.29. The second kappa shape index (κ2) is 6.28. The highest BCUT2D eigenvalue weighted by Gasteiger charge is 2.31. The van der Waals surface area contributed by atoms with E-state index in [0.717, 1.165) is 0 Å². The lowest BCUT2D eigenvalue weighted by atomic mass is 9.99. The molecular formula is C19H16N3O2. The number of hydrogen-bond acceptors (Lipinski definition) is 4. The number of carbonyl (C=O) groups excluding carboxylic acids is 1. The Hall–Kier alpha value is -2.95. The Bertz CT molecular complexity index is 830. The molecule has 5 nitrogen and oxygen atoms in total. The number of pyridine rings is 1. The zero-order valence-corrected chi connectivity index (χ0v) is 13.0. The average molecular weight is 318 g/mol. The predicted octanol–water partition coefficient (Wildman–Crippen LogP) is 3.18. The molecule has 0 N–H and O–H groups in total. The zero-order chi connectivity index (χ0) is 16.4. The van der Waals surface area contributed by atoms with Crippen LogP contribution in [0.25, 0.3) is 11.5 Å². The van der Waals surface area contributed by atoms with Gasteiger partial charge in [0.25, 0.3) is 5.91 Å². The number of rotatable bonds is 3. The number of aromatic nitrogens is 2. The molecule has 1 radical (unpaired) electrons. The number of nitrogens with zero attached hydrogens (tertiary/aromatic N) is 3. The minimum atomic E-state index is -0.0772. The van der Waals surface area contributed by atoms with E-state index >= 15 is 0 Å². The van der Waals surface area contributed by atoms with Crippen LogP contribution in [0.4, 0.5) is 0 Å². The molecule has 0 aliphatic carbocycles. The van der Waals surface area contributed by atoms with E-state index in [1.165, 1.54) is 11.8 Å². The smallest absolute Gasteiger partial charge is 0.259 e. The van der Waals surface area contributed by atoms with Crippen LogP contribution in [-0.4, -0.2) is 34.0 Å². The summed E-state index contributed by atoms with van der Waals surface area (Å²) in [5, 5.41) is 3.80. The van der Waals surface area contributed by atoms with Gasteiger partial charge in [-0.3, -0.25) is 9.78 Å². The summed E-state index contributed by atoms with van der Waals surface area (Å²) in [7, 11) is 0.